The monoisotopic (exact) mass is 454 g/mol. The van der Waals surface area contributed by atoms with E-state index in [9.17, 15) is 30.0 Å². The number of halogens is 4. The minimum Gasteiger partial charge on any atom is -0.279 e. The summed E-state index contributed by atoms with van der Waals surface area (Å²) < 4.78 is 93.5. The van der Waals surface area contributed by atoms with Gasteiger partial charge in [-0.05, 0) is 43.2 Å². The van der Waals surface area contributed by atoms with E-state index in [0.717, 1.165) is 6.07 Å². The zero-order chi connectivity index (χ0) is 20.7. The normalized spacial score (nSPS) is 15.7. The average molecular weight is 455 g/mol. The molecule has 0 radical (unpaired) electrons. The van der Waals surface area contributed by atoms with Gasteiger partial charge in [0, 0.05) is 13.1 Å². The van der Waals surface area contributed by atoms with Gasteiger partial charge in [-0.2, -0.15) is 4.31 Å². The van der Waals surface area contributed by atoms with Gasteiger partial charge >= 0.3 is 0 Å². The molecule has 12 heteroatoms. The van der Waals surface area contributed by atoms with E-state index < -0.39 is 42.4 Å². The van der Waals surface area contributed by atoms with Crippen molar-refractivity contribution in [3.8, 4) is 0 Å². The maximum atomic E-state index is 13.8. The van der Waals surface area contributed by atoms with Crippen LogP contribution in [0.1, 0.15) is 12.8 Å². The van der Waals surface area contributed by atoms with Crippen LogP contribution in [0.5, 0.6) is 0 Å². The van der Waals surface area contributed by atoms with E-state index in [1.54, 1.807) is 0 Å². The van der Waals surface area contributed by atoms with E-state index >= 15 is 0 Å². The first-order valence-corrected chi connectivity index (χ1v) is 11.3. The van der Waals surface area contributed by atoms with Crippen LogP contribution in [0.2, 0.25) is 5.02 Å². The van der Waals surface area contributed by atoms with Crippen molar-refractivity contribution in [3.63, 3.8) is 0 Å². The molecule has 1 aliphatic heterocycles. The number of nitrogens with zero attached hydrogens (tertiary/aromatic N) is 1. The van der Waals surface area contributed by atoms with Crippen LogP contribution in [0.4, 0.5) is 18.9 Å². The largest absolute Gasteiger partial charge is 0.279 e. The van der Waals surface area contributed by atoms with Crippen LogP contribution < -0.4 is 4.72 Å². The second-order valence-corrected chi connectivity index (χ2v) is 10.00. The molecule has 28 heavy (non-hydrogen) atoms. The molecule has 2 aromatic rings. The van der Waals surface area contributed by atoms with Gasteiger partial charge in [-0.15, -0.1) is 0 Å². The van der Waals surface area contributed by atoms with Crippen molar-refractivity contribution >= 4 is 37.3 Å². The second-order valence-electron chi connectivity index (χ2n) is 6.04. The zero-order valence-electron chi connectivity index (χ0n) is 14.1. The molecule has 152 valence electrons. The smallest absolute Gasteiger partial charge is 0.264 e. The average Bonchev–Trinajstić information content (AvgIpc) is 3.16. The van der Waals surface area contributed by atoms with Gasteiger partial charge in [0.05, 0.1) is 10.7 Å². The highest BCUT2D eigenvalue weighted by atomic mass is 35.5. The third-order valence-corrected chi connectivity index (χ3v) is 7.93. The lowest BCUT2D eigenvalue weighted by Crippen LogP contribution is -2.28. The lowest BCUT2D eigenvalue weighted by Gasteiger charge is -2.17. The fourth-order valence-electron chi connectivity index (χ4n) is 2.76. The Bertz CT molecular complexity index is 1130. The summed E-state index contributed by atoms with van der Waals surface area (Å²) in [6, 6.07) is 4.36. The van der Waals surface area contributed by atoms with Crippen LogP contribution in [0.25, 0.3) is 0 Å². The molecule has 1 saturated heterocycles. The highest BCUT2D eigenvalue weighted by molar-refractivity contribution is 7.92. The Morgan fingerprint density at radius 3 is 2.18 bits per heavy atom. The summed E-state index contributed by atoms with van der Waals surface area (Å²) in [5.41, 5.74) is -0.230. The minimum absolute atomic E-state index is 0.117. The number of hydrogen-bond acceptors (Lipinski definition) is 4. The van der Waals surface area contributed by atoms with Crippen LogP contribution in [0, 0.1) is 17.5 Å². The maximum Gasteiger partial charge on any atom is 0.264 e. The number of sulfonamides is 2. The van der Waals surface area contributed by atoms with Crippen molar-refractivity contribution in [3.05, 3.63) is 52.8 Å². The molecule has 3 rings (SSSR count). The van der Waals surface area contributed by atoms with Gasteiger partial charge in [0.15, 0.2) is 17.5 Å². The van der Waals surface area contributed by atoms with Crippen LogP contribution in [0.3, 0.4) is 0 Å². The first-order valence-electron chi connectivity index (χ1n) is 8.00. The molecule has 1 fully saturated rings. The molecular formula is C16H14ClF3N2O4S2. The Morgan fingerprint density at radius 2 is 1.54 bits per heavy atom. The van der Waals surface area contributed by atoms with Crippen LogP contribution >= 0.6 is 11.6 Å². The van der Waals surface area contributed by atoms with Gasteiger partial charge in [-0.25, -0.2) is 30.0 Å². The third kappa shape index (κ3) is 3.84. The topological polar surface area (TPSA) is 83.5 Å². The lowest BCUT2D eigenvalue weighted by atomic mass is 10.3. The molecule has 0 atom stereocenters. The second kappa shape index (κ2) is 7.54. The van der Waals surface area contributed by atoms with E-state index in [1.165, 1.54) is 16.4 Å². The summed E-state index contributed by atoms with van der Waals surface area (Å²) in [5, 5.41) is -0.117. The number of nitrogens with one attached hydrogen (secondary N) is 1. The molecule has 1 heterocycles. The van der Waals surface area contributed by atoms with E-state index in [1.807, 2.05) is 4.72 Å². The highest BCUT2D eigenvalue weighted by Crippen LogP contribution is 2.31. The summed E-state index contributed by atoms with van der Waals surface area (Å²) in [4.78, 5) is -1.44. The molecule has 1 N–H and O–H groups in total. The molecule has 1 aliphatic rings. The summed E-state index contributed by atoms with van der Waals surface area (Å²) in [5.74, 6) is -5.36. The maximum absolute atomic E-state index is 13.8. The Morgan fingerprint density at radius 1 is 0.893 bits per heavy atom. The van der Waals surface area contributed by atoms with Gasteiger partial charge in [0.25, 0.3) is 10.0 Å². The van der Waals surface area contributed by atoms with Gasteiger partial charge in [-0.3, -0.25) is 4.72 Å². The van der Waals surface area contributed by atoms with E-state index in [0.29, 0.717) is 38.1 Å². The van der Waals surface area contributed by atoms with Crippen molar-refractivity contribution in [2.45, 2.75) is 22.6 Å². The molecule has 0 saturated carbocycles. The van der Waals surface area contributed by atoms with Crippen molar-refractivity contribution in [1.29, 1.82) is 0 Å². The molecule has 0 spiro atoms. The van der Waals surface area contributed by atoms with Gasteiger partial charge < -0.3 is 0 Å². The lowest BCUT2D eigenvalue weighted by molar-refractivity contribution is 0.432. The number of benzene rings is 2. The molecular weight excluding hydrogens is 441 g/mol. The van der Waals surface area contributed by atoms with Crippen molar-refractivity contribution in [2.75, 3.05) is 17.8 Å². The predicted molar refractivity (Wildman–Crippen MR) is 96.6 cm³/mol. The fourth-order valence-corrected chi connectivity index (χ4v) is 5.90. The Balaban J connectivity index is 1.99. The quantitative estimate of drug-likeness (QED) is 0.702. The molecule has 0 aromatic heterocycles. The van der Waals surface area contributed by atoms with Gasteiger partial charge in [0.2, 0.25) is 10.0 Å². The van der Waals surface area contributed by atoms with E-state index in [4.69, 9.17) is 11.6 Å². The molecule has 6 nitrogen and oxygen atoms in total. The van der Waals surface area contributed by atoms with Crippen LogP contribution in [-0.4, -0.2) is 34.2 Å². The van der Waals surface area contributed by atoms with Gasteiger partial charge in [-0.1, -0.05) is 11.6 Å². The van der Waals surface area contributed by atoms with Crippen LogP contribution in [0.15, 0.2) is 40.1 Å². The first kappa shape index (κ1) is 20.9. The Kier molecular flexibility index (Phi) is 5.63. The Labute approximate surface area is 165 Å². The standard InChI is InChI=1S/C16H14ClF3N2O4S2/c17-11-4-3-10(9-14(11)28(25,26)22-7-1-2-8-22)21-27(23,24)13-6-5-12(18)15(19)16(13)20/h3-6,9,21H,1-2,7-8H2. The third-order valence-electron chi connectivity index (χ3n) is 4.16. The van der Waals surface area contributed by atoms with Crippen LogP contribution in [-0.2, 0) is 20.0 Å². The van der Waals surface area contributed by atoms with E-state index in [2.05, 4.69) is 0 Å². The van der Waals surface area contributed by atoms with E-state index in [-0.39, 0.29) is 15.6 Å². The fraction of sp³-hybridized carbons (Fsp3) is 0.250. The Hall–Kier alpha value is -1.82. The van der Waals surface area contributed by atoms with Gasteiger partial charge in [0.1, 0.15) is 9.79 Å². The highest BCUT2D eigenvalue weighted by Gasteiger charge is 2.30. The zero-order valence-corrected chi connectivity index (χ0v) is 16.5. The molecule has 0 bridgehead atoms. The first-order chi connectivity index (χ1) is 13.0. The molecule has 0 unspecified atom stereocenters. The van der Waals surface area contributed by atoms with Crippen molar-refractivity contribution in [2.24, 2.45) is 0 Å². The van der Waals surface area contributed by atoms with Crippen molar-refractivity contribution in [1.82, 2.24) is 4.31 Å². The van der Waals surface area contributed by atoms with Crippen molar-refractivity contribution < 1.29 is 30.0 Å². The SMILES string of the molecule is O=S(=O)(Nc1ccc(Cl)c(S(=O)(=O)N2CCCC2)c1)c1ccc(F)c(F)c1F. The summed E-state index contributed by atoms with van der Waals surface area (Å²) in [7, 11) is -8.61. The summed E-state index contributed by atoms with van der Waals surface area (Å²) in [6.07, 6.45) is 1.39. The minimum atomic E-state index is -4.66. The molecule has 2 aromatic carbocycles. The summed E-state index contributed by atoms with van der Waals surface area (Å²) >= 11 is 5.98. The number of hydrogen-bond donors (Lipinski definition) is 1. The summed E-state index contributed by atoms with van der Waals surface area (Å²) in [6.45, 7) is 0.628. The number of rotatable bonds is 5. The molecule has 0 aliphatic carbocycles. The number of anilines is 1. The predicted octanol–water partition coefficient (Wildman–Crippen LogP) is 3.34. The molecule has 0 amide bonds.